The molecule has 3 aliphatic rings. The van der Waals surface area contributed by atoms with E-state index >= 15 is 0 Å². The Balaban J connectivity index is 0.000000162. The number of urea groups is 1. The van der Waals surface area contributed by atoms with Gasteiger partial charge in [-0.05, 0) is 55.8 Å². The fourth-order valence-electron chi connectivity index (χ4n) is 5.34. The van der Waals surface area contributed by atoms with Crippen LogP contribution in [0, 0.1) is 0 Å². The number of amides is 2. The zero-order valence-electron chi connectivity index (χ0n) is 23.4. The molecule has 7 rings (SSSR count). The van der Waals surface area contributed by atoms with Crippen molar-refractivity contribution in [2.24, 2.45) is 0 Å². The first-order valence-corrected chi connectivity index (χ1v) is 15.2. The van der Waals surface area contributed by atoms with Crippen LogP contribution in [0.3, 0.4) is 0 Å². The molecule has 0 saturated carbocycles. The Hall–Kier alpha value is -3.25. The largest absolute Gasteiger partial charge is 0.423 e. The summed E-state index contributed by atoms with van der Waals surface area (Å²) >= 11 is 11.9. The first-order chi connectivity index (χ1) is 20.5. The lowest BCUT2D eigenvalue weighted by molar-refractivity contribution is 0.0438. The Bertz CT molecular complexity index is 1500. The number of oxazole rings is 2. The zero-order valence-corrected chi connectivity index (χ0v) is 24.9. The summed E-state index contributed by atoms with van der Waals surface area (Å²) in [7, 11) is 0. The van der Waals surface area contributed by atoms with Gasteiger partial charge in [0.2, 0.25) is 0 Å². The highest BCUT2D eigenvalue weighted by atomic mass is 35.5. The fraction of sp³-hybridized carbons (Fsp3) is 0.483. The molecule has 11 nitrogen and oxygen atoms in total. The molecule has 42 heavy (non-hydrogen) atoms. The van der Waals surface area contributed by atoms with Crippen molar-refractivity contribution in [2.45, 2.75) is 12.8 Å². The predicted molar refractivity (Wildman–Crippen MR) is 164 cm³/mol. The molecule has 2 aromatic carbocycles. The molecule has 3 saturated heterocycles. The summed E-state index contributed by atoms with van der Waals surface area (Å²) in [6, 6.07) is 12.4. The highest BCUT2D eigenvalue weighted by molar-refractivity contribution is 6.31. The van der Waals surface area contributed by atoms with Gasteiger partial charge >= 0.3 is 6.03 Å². The van der Waals surface area contributed by atoms with Gasteiger partial charge in [0.15, 0.2) is 11.2 Å². The fourth-order valence-corrected chi connectivity index (χ4v) is 5.67. The molecule has 5 heterocycles. The van der Waals surface area contributed by atoms with Crippen LogP contribution in [0.4, 0.5) is 16.8 Å². The van der Waals surface area contributed by atoms with Crippen molar-refractivity contribution in [3.8, 4) is 0 Å². The quantitative estimate of drug-likeness (QED) is 0.343. The van der Waals surface area contributed by atoms with Crippen LogP contribution in [0.15, 0.2) is 45.2 Å². The normalized spacial score (nSPS) is 18.5. The van der Waals surface area contributed by atoms with Crippen LogP contribution in [-0.2, 0) is 4.74 Å². The van der Waals surface area contributed by atoms with Crippen LogP contribution >= 0.6 is 23.2 Å². The summed E-state index contributed by atoms with van der Waals surface area (Å²) in [5, 5.41) is 4.69. The topological polar surface area (TPSA) is 103 Å². The van der Waals surface area contributed by atoms with E-state index in [0.29, 0.717) is 61.5 Å². The van der Waals surface area contributed by atoms with E-state index in [9.17, 15) is 4.79 Å². The van der Waals surface area contributed by atoms with E-state index in [1.165, 1.54) is 0 Å². The van der Waals surface area contributed by atoms with Crippen molar-refractivity contribution >= 4 is 63.5 Å². The van der Waals surface area contributed by atoms with Gasteiger partial charge in [-0.15, -0.1) is 0 Å². The summed E-state index contributed by atoms with van der Waals surface area (Å²) in [5.74, 6) is 0. The lowest BCUT2D eigenvalue weighted by Gasteiger charge is -2.32. The number of hydrogen-bond donors (Lipinski definition) is 1. The van der Waals surface area contributed by atoms with Crippen LogP contribution < -0.4 is 15.1 Å². The van der Waals surface area contributed by atoms with Crippen molar-refractivity contribution in [3.63, 3.8) is 0 Å². The first-order valence-electron chi connectivity index (χ1n) is 14.5. The predicted octanol–water partition coefficient (Wildman–Crippen LogP) is 4.73. The Labute approximate surface area is 254 Å². The minimum absolute atomic E-state index is 0.106. The summed E-state index contributed by atoms with van der Waals surface area (Å²) < 4.78 is 16.9. The van der Waals surface area contributed by atoms with Gasteiger partial charge in [-0.2, -0.15) is 9.97 Å². The number of anilines is 2. The summed E-state index contributed by atoms with van der Waals surface area (Å²) in [6.07, 6.45) is 2.00. The van der Waals surface area contributed by atoms with E-state index in [0.717, 1.165) is 74.3 Å². The number of nitrogens with one attached hydrogen (secondary N) is 1. The number of carbonyl (C=O) groups excluding carboxylic acids is 1. The van der Waals surface area contributed by atoms with E-state index in [2.05, 4.69) is 25.1 Å². The number of fused-ring (bicyclic) bond motifs is 2. The van der Waals surface area contributed by atoms with Crippen molar-refractivity contribution in [1.82, 2.24) is 25.1 Å². The Morgan fingerprint density at radius 3 is 1.95 bits per heavy atom. The van der Waals surface area contributed by atoms with Gasteiger partial charge in [-0.25, -0.2) is 4.79 Å². The molecule has 224 valence electrons. The van der Waals surface area contributed by atoms with Crippen molar-refractivity contribution in [3.05, 3.63) is 46.4 Å². The van der Waals surface area contributed by atoms with E-state index in [-0.39, 0.29) is 6.03 Å². The van der Waals surface area contributed by atoms with E-state index in [4.69, 9.17) is 36.8 Å². The molecule has 0 radical (unpaired) electrons. The van der Waals surface area contributed by atoms with E-state index in [1.54, 1.807) is 12.1 Å². The van der Waals surface area contributed by atoms with E-state index in [1.807, 2.05) is 34.1 Å². The molecule has 13 heteroatoms. The molecule has 0 unspecified atom stereocenters. The number of morpholine rings is 1. The monoisotopic (exact) mass is 615 g/mol. The third-order valence-corrected chi connectivity index (χ3v) is 8.08. The smallest absolute Gasteiger partial charge is 0.320 e. The number of halogens is 2. The average molecular weight is 617 g/mol. The van der Waals surface area contributed by atoms with Gasteiger partial charge in [0.25, 0.3) is 12.0 Å². The van der Waals surface area contributed by atoms with Crippen molar-refractivity contribution in [2.75, 3.05) is 88.5 Å². The summed E-state index contributed by atoms with van der Waals surface area (Å²) in [6.45, 7) is 9.46. The number of nitrogens with zero attached hydrogens (tertiary/aromatic N) is 6. The second-order valence-corrected chi connectivity index (χ2v) is 11.4. The first kappa shape index (κ1) is 28.9. The van der Waals surface area contributed by atoms with Crippen LogP contribution in [0.1, 0.15) is 12.8 Å². The second kappa shape index (κ2) is 13.4. The Kier molecular flexibility index (Phi) is 9.18. The van der Waals surface area contributed by atoms with Crippen LogP contribution in [-0.4, -0.2) is 104 Å². The van der Waals surface area contributed by atoms with Gasteiger partial charge in [-0.1, -0.05) is 23.2 Å². The van der Waals surface area contributed by atoms with Crippen LogP contribution in [0.25, 0.3) is 22.2 Å². The third kappa shape index (κ3) is 6.86. The molecule has 0 aliphatic carbocycles. The lowest BCUT2D eigenvalue weighted by Crippen LogP contribution is -2.49. The second-order valence-electron chi connectivity index (χ2n) is 10.5. The van der Waals surface area contributed by atoms with Gasteiger partial charge in [0, 0.05) is 68.9 Å². The minimum atomic E-state index is 0.106. The highest BCUT2D eigenvalue weighted by Gasteiger charge is 2.26. The van der Waals surface area contributed by atoms with Crippen LogP contribution in [0.2, 0.25) is 10.0 Å². The molecule has 2 amide bonds. The molecule has 2 aromatic heterocycles. The van der Waals surface area contributed by atoms with Gasteiger partial charge < -0.3 is 38.5 Å². The molecule has 1 N–H and O–H groups in total. The number of hydrogen-bond acceptors (Lipinski definition) is 9. The summed E-state index contributed by atoms with van der Waals surface area (Å²) in [5.41, 5.74) is 3.10. The third-order valence-electron chi connectivity index (χ3n) is 7.61. The lowest BCUT2D eigenvalue weighted by atomic mass is 10.3. The van der Waals surface area contributed by atoms with Crippen LogP contribution in [0.5, 0.6) is 0 Å². The maximum absolute atomic E-state index is 12.7. The molecular weight excluding hydrogens is 581 g/mol. The Morgan fingerprint density at radius 2 is 1.29 bits per heavy atom. The molecular formula is C29H35Cl2N7O4. The minimum Gasteiger partial charge on any atom is -0.423 e. The zero-order chi connectivity index (χ0) is 28.9. The van der Waals surface area contributed by atoms with E-state index < -0.39 is 0 Å². The maximum Gasteiger partial charge on any atom is 0.320 e. The van der Waals surface area contributed by atoms with Gasteiger partial charge in [-0.3, -0.25) is 0 Å². The van der Waals surface area contributed by atoms with Crippen molar-refractivity contribution < 1.29 is 18.4 Å². The number of carbonyl (C=O) groups is 1. The van der Waals surface area contributed by atoms with Gasteiger partial charge in [0.1, 0.15) is 11.0 Å². The SMILES string of the molecule is Clc1ccc2oc(N3CCCNCC3)nc2c1.O=C(N1CCOCC1)N1CCCN(c2nc3cc(Cl)ccc3o2)CC1. The highest BCUT2D eigenvalue weighted by Crippen LogP contribution is 2.26. The van der Waals surface area contributed by atoms with Gasteiger partial charge in [0.05, 0.1) is 13.2 Å². The summed E-state index contributed by atoms with van der Waals surface area (Å²) in [4.78, 5) is 29.7. The molecule has 3 aliphatic heterocycles. The number of benzene rings is 2. The molecule has 0 bridgehead atoms. The maximum atomic E-state index is 12.7. The number of ether oxygens (including phenoxy) is 1. The molecule has 0 spiro atoms. The Morgan fingerprint density at radius 1 is 0.690 bits per heavy atom. The number of aromatic nitrogens is 2. The van der Waals surface area contributed by atoms with Crippen molar-refractivity contribution in [1.29, 1.82) is 0 Å². The molecule has 0 atom stereocenters. The standard InChI is InChI=1S/C17H21ClN4O3.C12H14ClN3O/c18-13-2-3-15-14(12-13)19-16(25-15)20-4-1-5-21(7-6-20)17(23)22-8-10-24-11-9-22;13-9-2-3-11-10(8-9)15-12(17-11)16-6-1-4-14-5-7-16/h2-3,12H,1,4-11H2;2-3,8,14H,1,4-7H2. The number of rotatable bonds is 2. The average Bonchev–Trinajstić information content (AvgIpc) is 3.39. The molecule has 4 aromatic rings. The molecule has 3 fully saturated rings.